The first-order valence-corrected chi connectivity index (χ1v) is 8.81. The van der Waals surface area contributed by atoms with Crippen LogP contribution in [0.25, 0.3) is 0 Å². The van der Waals surface area contributed by atoms with Crippen LogP contribution in [0.2, 0.25) is 15.1 Å². The zero-order chi connectivity index (χ0) is 18.1. The van der Waals surface area contributed by atoms with E-state index in [2.05, 4.69) is 5.32 Å². The molecule has 1 aliphatic heterocycles. The summed E-state index contributed by atoms with van der Waals surface area (Å²) in [5.41, 5.74) is 2.18. The first-order chi connectivity index (χ1) is 11.8. The van der Waals surface area contributed by atoms with E-state index in [1.165, 1.54) is 0 Å². The molecule has 1 saturated heterocycles. The van der Waals surface area contributed by atoms with Gasteiger partial charge in [-0.05, 0) is 42.8 Å². The lowest BCUT2D eigenvalue weighted by molar-refractivity contribution is -0.122. The molecule has 1 heterocycles. The molecule has 1 aliphatic rings. The smallest absolute Gasteiger partial charge is 0.229 e. The van der Waals surface area contributed by atoms with E-state index in [9.17, 15) is 9.59 Å². The number of nitrogens with one attached hydrogen (secondary N) is 1. The molecule has 0 bridgehead atoms. The highest BCUT2D eigenvalue weighted by atomic mass is 35.5. The van der Waals surface area contributed by atoms with Gasteiger partial charge >= 0.3 is 0 Å². The standard InChI is InChI=1S/C18H15Cl3N2O2/c1-10-2-4-13(8-15(10)20)23-9-11(6-17(23)24)18(25)22-12-3-5-14(19)16(21)7-12/h2-5,7-8,11H,6,9H2,1H3,(H,22,25)/t11-/m0/s1. The van der Waals surface area contributed by atoms with Crippen molar-refractivity contribution in [3.63, 3.8) is 0 Å². The number of amides is 2. The second-order valence-corrected chi connectivity index (χ2v) is 7.18. The molecule has 130 valence electrons. The van der Waals surface area contributed by atoms with Crippen molar-refractivity contribution in [1.82, 2.24) is 0 Å². The summed E-state index contributed by atoms with van der Waals surface area (Å²) in [5, 5.41) is 4.14. The van der Waals surface area contributed by atoms with Crippen LogP contribution in [0.15, 0.2) is 36.4 Å². The number of halogens is 3. The van der Waals surface area contributed by atoms with Crippen molar-refractivity contribution in [2.75, 3.05) is 16.8 Å². The van der Waals surface area contributed by atoms with Gasteiger partial charge in [0.15, 0.2) is 0 Å². The van der Waals surface area contributed by atoms with Gasteiger partial charge in [-0.25, -0.2) is 0 Å². The summed E-state index contributed by atoms with van der Waals surface area (Å²) in [6.45, 7) is 2.21. The lowest BCUT2D eigenvalue weighted by Gasteiger charge is -2.17. The number of aryl methyl sites for hydroxylation is 1. The van der Waals surface area contributed by atoms with Crippen LogP contribution >= 0.6 is 34.8 Å². The fraction of sp³-hybridized carbons (Fsp3) is 0.222. The third-order valence-corrected chi connectivity index (χ3v) is 5.30. The maximum absolute atomic E-state index is 12.5. The van der Waals surface area contributed by atoms with Gasteiger partial charge in [0.1, 0.15) is 0 Å². The maximum Gasteiger partial charge on any atom is 0.229 e. The molecule has 0 aromatic heterocycles. The van der Waals surface area contributed by atoms with E-state index in [1.54, 1.807) is 29.2 Å². The first-order valence-electron chi connectivity index (χ1n) is 7.67. The molecular formula is C18H15Cl3N2O2. The lowest BCUT2D eigenvalue weighted by atomic mass is 10.1. The second kappa shape index (κ2) is 7.24. The quantitative estimate of drug-likeness (QED) is 0.797. The van der Waals surface area contributed by atoms with Gasteiger partial charge in [-0.15, -0.1) is 0 Å². The Bertz CT molecular complexity index is 854. The van der Waals surface area contributed by atoms with Crippen molar-refractivity contribution >= 4 is 58.0 Å². The van der Waals surface area contributed by atoms with Crippen molar-refractivity contribution in [2.45, 2.75) is 13.3 Å². The normalized spacial score (nSPS) is 17.0. The first kappa shape index (κ1) is 18.1. The average Bonchev–Trinajstić information content (AvgIpc) is 2.95. The Kier molecular flexibility index (Phi) is 5.23. The third-order valence-electron chi connectivity index (χ3n) is 4.15. The van der Waals surface area contributed by atoms with Crippen LogP contribution in [-0.2, 0) is 9.59 Å². The molecule has 0 radical (unpaired) electrons. The summed E-state index contributed by atoms with van der Waals surface area (Å²) >= 11 is 18.0. The molecule has 4 nitrogen and oxygen atoms in total. The maximum atomic E-state index is 12.5. The summed E-state index contributed by atoms with van der Waals surface area (Å²) < 4.78 is 0. The number of anilines is 2. The van der Waals surface area contributed by atoms with E-state index < -0.39 is 5.92 Å². The van der Waals surface area contributed by atoms with Gasteiger partial charge < -0.3 is 10.2 Å². The molecule has 0 saturated carbocycles. The van der Waals surface area contributed by atoms with Crippen LogP contribution in [0, 0.1) is 12.8 Å². The second-order valence-electron chi connectivity index (χ2n) is 5.96. The molecule has 2 aromatic carbocycles. The van der Waals surface area contributed by atoms with Crippen LogP contribution < -0.4 is 10.2 Å². The van der Waals surface area contributed by atoms with Crippen LogP contribution in [0.4, 0.5) is 11.4 Å². The van der Waals surface area contributed by atoms with Gasteiger partial charge in [0.2, 0.25) is 11.8 Å². The van der Waals surface area contributed by atoms with Gasteiger partial charge in [0.05, 0.1) is 16.0 Å². The monoisotopic (exact) mass is 396 g/mol. The van der Waals surface area contributed by atoms with E-state index in [1.807, 2.05) is 19.1 Å². The molecule has 2 amide bonds. The number of carbonyl (C=O) groups excluding carboxylic acids is 2. The Morgan fingerprint density at radius 1 is 1.08 bits per heavy atom. The van der Waals surface area contributed by atoms with Crippen molar-refractivity contribution in [3.05, 3.63) is 57.0 Å². The third kappa shape index (κ3) is 3.92. The molecule has 1 N–H and O–H groups in total. The Labute approximate surface area is 160 Å². The molecule has 2 aromatic rings. The molecule has 0 spiro atoms. The van der Waals surface area contributed by atoms with Gasteiger partial charge in [-0.2, -0.15) is 0 Å². The topological polar surface area (TPSA) is 49.4 Å². The van der Waals surface area contributed by atoms with Crippen LogP contribution in [0.3, 0.4) is 0 Å². The minimum Gasteiger partial charge on any atom is -0.326 e. The van der Waals surface area contributed by atoms with E-state index >= 15 is 0 Å². The minimum atomic E-state index is -0.443. The Morgan fingerprint density at radius 2 is 1.84 bits per heavy atom. The number of carbonyl (C=O) groups is 2. The van der Waals surface area contributed by atoms with E-state index in [0.717, 1.165) is 5.56 Å². The van der Waals surface area contributed by atoms with Gasteiger partial charge in [-0.1, -0.05) is 40.9 Å². The summed E-state index contributed by atoms with van der Waals surface area (Å²) in [5.74, 6) is -0.774. The zero-order valence-electron chi connectivity index (χ0n) is 13.4. The van der Waals surface area contributed by atoms with E-state index in [0.29, 0.717) is 33.0 Å². The fourth-order valence-electron chi connectivity index (χ4n) is 2.70. The fourth-order valence-corrected chi connectivity index (χ4v) is 3.17. The van der Waals surface area contributed by atoms with Crippen LogP contribution in [0.5, 0.6) is 0 Å². The highest BCUT2D eigenvalue weighted by molar-refractivity contribution is 6.42. The molecule has 3 rings (SSSR count). The number of benzene rings is 2. The number of nitrogens with zero attached hydrogens (tertiary/aromatic N) is 1. The Hall–Kier alpha value is -1.75. The summed E-state index contributed by atoms with van der Waals surface area (Å²) in [6.07, 6.45) is 0.151. The molecule has 7 heteroatoms. The highest BCUT2D eigenvalue weighted by Gasteiger charge is 2.35. The number of hydrogen-bond donors (Lipinski definition) is 1. The Morgan fingerprint density at radius 3 is 2.52 bits per heavy atom. The highest BCUT2D eigenvalue weighted by Crippen LogP contribution is 2.30. The SMILES string of the molecule is Cc1ccc(N2C[C@@H](C(=O)Nc3ccc(Cl)c(Cl)c3)CC2=O)cc1Cl. The number of hydrogen-bond acceptors (Lipinski definition) is 2. The molecule has 1 atom stereocenters. The van der Waals surface area contributed by atoms with Gasteiger partial charge in [-0.3, -0.25) is 9.59 Å². The van der Waals surface area contributed by atoms with Crippen molar-refractivity contribution in [2.24, 2.45) is 5.92 Å². The lowest BCUT2D eigenvalue weighted by Crippen LogP contribution is -2.28. The van der Waals surface area contributed by atoms with Crippen molar-refractivity contribution in [3.8, 4) is 0 Å². The van der Waals surface area contributed by atoms with Gasteiger partial charge in [0.25, 0.3) is 0 Å². The Balaban J connectivity index is 1.71. The zero-order valence-corrected chi connectivity index (χ0v) is 15.6. The minimum absolute atomic E-state index is 0.103. The molecule has 1 fully saturated rings. The average molecular weight is 398 g/mol. The van der Waals surface area contributed by atoms with Crippen LogP contribution in [0.1, 0.15) is 12.0 Å². The van der Waals surface area contributed by atoms with Crippen molar-refractivity contribution in [1.29, 1.82) is 0 Å². The van der Waals surface area contributed by atoms with Gasteiger partial charge in [0, 0.05) is 29.4 Å². The molecular weight excluding hydrogens is 383 g/mol. The summed E-state index contributed by atoms with van der Waals surface area (Å²) in [4.78, 5) is 26.4. The molecule has 0 unspecified atom stereocenters. The number of rotatable bonds is 3. The van der Waals surface area contributed by atoms with E-state index in [-0.39, 0.29) is 18.2 Å². The van der Waals surface area contributed by atoms with Crippen LogP contribution in [-0.4, -0.2) is 18.4 Å². The predicted octanol–water partition coefficient (Wildman–Crippen LogP) is 4.95. The molecule has 0 aliphatic carbocycles. The molecule has 25 heavy (non-hydrogen) atoms. The summed E-state index contributed by atoms with van der Waals surface area (Å²) in [6, 6.07) is 10.3. The van der Waals surface area contributed by atoms with E-state index in [4.69, 9.17) is 34.8 Å². The van der Waals surface area contributed by atoms with Crippen molar-refractivity contribution < 1.29 is 9.59 Å². The largest absolute Gasteiger partial charge is 0.326 e. The summed E-state index contributed by atoms with van der Waals surface area (Å²) in [7, 11) is 0. The predicted molar refractivity (Wildman–Crippen MR) is 102 cm³/mol.